The predicted octanol–water partition coefficient (Wildman–Crippen LogP) is 5.85. The molecule has 6 amide bonds. The van der Waals surface area contributed by atoms with Gasteiger partial charge in [-0.1, -0.05) is 125 Å². The summed E-state index contributed by atoms with van der Waals surface area (Å²) in [6.07, 6.45) is -0.249. The average Bonchev–Trinajstić information content (AvgIpc) is 1.62. The van der Waals surface area contributed by atoms with Crippen LogP contribution in [0.4, 0.5) is 0 Å². The Labute approximate surface area is 516 Å². The topological polar surface area (TPSA) is 332 Å². The molecule has 498 valence electrons. The first-order valence-corrected chi connectivity index (χ1v) is 30.6. The minimum Gasteiger partial charge on any atom is -0.448 e. The van der Waals surface area contributed by atoms with Crippen molar-refractivity contribution in [3.63, 3.8) is 0 Å². The van der Waals surface area contributed by atoms with Gasteiger partial charge in [-0.3, -0.25) is 28.8 Å². The molecule has 24 heteroatoms. The molecule has 0 bridgehead atoms. The highest BCUT2D eigenvalue weighted by Crippen LogP contribution is 2.31. The smallest absolute Gasteiger partial charge is 0.329 e. The molecule has 0 aromatic heterocycles. The van der Waals surface area contributed by atoms with Crippen LogP contribution in [0, 0.1) is 53.3 Å². The molecule has 0 aromatic carbocycles. The summed E-state index contributed by atoms with van der Waals surface area (Å²) in [5, 5.41) is 15.6. The van der Waals surface area contributed by atoms with Crippen LogP contribution in [-0.2, 0) is 86.0 Å². The summed E-state index contributed by atoms with van der Waals surface area (Å²) in [7, 11) is 0. The lowest BCUT2D eigenvalue weighted by molar-refractivity contribution is -0.180. The average molecular weight is 1240 g/mol. The quantitative estimate of drug-likeness (QED) is 0.0985. The Kier molecular flexibility index (Phi) is 28.2. The normalized spacial score (nSPS) is 32.3. The SMILES string of the molecule is CC(C)C[C@]1(C)OC(=O)[C@H](C(C)C)NC(=O)[C@@](C)(C(C)C)OC(=O)[C@@H](C)NC(=O)[C@](C)(CC(C)C)OC(=O)[C@H](C(C)C)NC(=O)[C@@](C)(C(C)C)OC(=O)[C@@H](C)NC(=O)[C@](C)(CC(C)C)OC(=O)[C@H](C(C)C)NC(=O)[C@@](C)(C(C)C)OC(=O)[C@@H](C)NC1=O. The molecule has 1 heterocycles. The van der Waals surface area contributed by atoms with Gasteiger partial charge in [0.25, 0.3) is 35.4 Å². The highest BCUT2D eigenvalue weighted by molar-refractivity contribution is 5.98. The summed E-state index contributed by atoms with van der Waals surface area (Å²) in [6, 6.07) is -8.79. The first kappa shape index (κ1) is 78.7. The minimum absolute atomic E-state index is 0.0830. The van der Waals surface area contributed by atoms with Crippen molar-refractivity contribution < 1.29 is 86.0 Å². The highest BCUT2D eigenvalue weighted by Gasteiger charge is 2.51. The van der Waals surface area contributed by atoms with Crippen LogP contribution in [0.5, 0.6) is 0 Å². The minimum atomic E-state index is -2.01. The van der Waals surface area contributed by atoms with Crippen LogP contribution >= 0.6 is 0 Å². The first-order chi connectivity index (χ1) is 39.4. The van der Waals surface area contributed by atoms with E-state index in [1.165, 1.54) is 62.3 Å². The van der Waals surface area contributed by atoms with Crippen LogP contribution in [0.3, 0.4) is 0 Å². The molecular weight excluding hydrogens is 1130 g/mol. The number of hydrogen-bond acceptors (Lipinski definition) is 18. The molecule has 1 rings (SSSR count). The molecule has 0 aliphatic carbocycles. The lowest BCUT2D eigenvalue weighted by Gasteiger charge is -2.38. The highest BCUT2D eigenvalue weighted by atomic mass is 16.6. The second-order valence-corrected chi connectivity index (χ2v) is 28.0. The largest absolute Gasteiger partial charge is 0.448 e. The summed E-state index contributed by atoms with van der Waals surface area (Å²) in [6.45, 7) is 41.6. The van der Waals surface area contributed by atoms with Gasteiger partial charge in [0.2, 0.25) is 0 Å². The second-order valence-electron chi connectivity index (χ2n) is 28.0. The lowest BCUT2D eigenvalue weighted by atomic mass is 9.89. The summed E-state index contributed by atoms with van der Waals surface area (Å²) in [5.41, 5.74) is -12.0. The van der Waals surface area contributed by atoms with Gasteiger partial charge in [-0.2, -0.15) is 0 Å². The van der Waals surface area contributed by atoms with E-state index >= 15 is 0 Å². The predicted molar refractivity (Wildman–Crippen MR) is 323 cm³/mol. The summed E-state index contributed by atoms with van der Waals surface area (Å²) < 4.78 is 35.6. The van der Waals surface area contributed by atoms with Gasteiger partial charge < -0.3 is 60.3 Å². The van der Waals surface area contributed by atoms with Gasteiger partial charge in [0, 0.05) is 17.8 Å². The summed E-state index contributed by atoms with van der Waals surface area (Å²) >= 11 is 0. The number of esters is 6. The molecule has 1 saturated heterocycles. The maximum absolute atomic E-state index is 14.4. The van der Waals surface area contributed by atoms with Gasteiger partial charge in [0.15, 0.2) is 33.6 Å². The fraction of sp³-hybridized carbons (Fsp3) is 0.810. The van der Waals surface area contributed by atoms with E-state index in [1.807, 2.05) is 0 Å². The van der Waals surface area contributed by atoms with Crippen molar-refractivity contribution in [3.8, 4) is 0 Å². The Bertz CT molecular complexity index is 2240. The van der Waals surface area contributed by atoms with Gasteiger partial charge in [-0.25, -0.2) is 28.8 Å². The molecule has 1 aliphatic rings. The van der Waals surface area contributed by atoms with Gasteiger partial charge in [0.05, 0.1) is 0 Å². The van der Waals surface area contributed by atoms with Gasteiger partial charge in [-0.05, 0) is 117 Å². The molecule has 0 saturated carbocycles. The molecule has 0 aromatic rings. The number of ether oxygens (including phenoxy) is 6. The van der Waals surface area contributed by atoms with Crippen LogP contribution < -0.4 is 31.9 Å². The van der Waals surface area contributed by atoms with E-state index in [9.17, 15) is 57.5 Å². The number of nitrogens with one attached hydrogen (secondary N) is 6. The zero-order chi connectivity index (χ0) is 68.2. The lowest BCUT2D eigenvalue weighted by Crippen LogP contribution is -2.61. The Hall–Kier alpha value is -6.36. The van der Waals surface area contributed by atoms with Crippen molar-refractivity contribution in [2.75, 3.05) is 0 Å². The van der Waals surface area contributed by atoms with Crippen LogP contribution in [0.1, 0.15) is 206 Å². The van der Waals surface area contributed by atoms with Crippen LogP contribution in [0.2, 0.25) is 0 Å². The van der Waals surface area contributed by atoms with E-state index in [2.05, 4.69) is 31.9 Å². The standard InChI is InChI=1S/C63H108N6O18/c1-31(2)28-58(22)52(76)64-40(19)46(70)85-62(26,38(15)16)56(80)68-44(35(9)10)50(74)83-60(24,30-33(5)6)54(78)66-42(21)48(72)87-63(27,39(17)18)57(81)69-45(36(11)12)51(75)84-59(23,29-32(3)4)53(77)65-41(20)47(71)86-61(25,37(13)14)55(79)67-43(34(7)8)49(73)82-58/h31-45H,28-30H2,1-27H3,(H,64,76)(H,65,77)(H,66,78)(H,67,79)(H,68,80)(H,69,81)/t40-,41-,42-,43+,44+,45+,58+,59+,60+,61-,62-,63-/m1/s1. The van der Waals surface area contributed by atoms with Crippen LogP contribution in [-0.4, -0.2) is 141 Å². The zero-order valence-corrected chi connectivity index (χ0v) is 57.1. The van der Waals surface area contributed by atoms with Crippen molar-refractivity contribution in [1.82, 2.24) is 31.9 Å². The number of hydrogen-bond donors (Lipinski definition) is 6. The van der Waals surface area contributed by atoms with E-state index in [1.54, 1.807) is 125 Å². The third-order valence-electron chi connectivity index (χ3n) is 16.1. The molecule has 0 spiro atoms. The van der Waals surface area contributed by atoms with E-state index in [0.717, 1.165) is 0 Å². The van der Waals surface area contributed by atoms with Crippen molar-refractivity contribution in [1.29, 1.82) is 0 Å². The maximum Gasteiger partial charge on any atom is 0.329 e. The van der Waals surface area contributed by atoms with Crippen LogP contribution in [0.25, 0.3) is 0 Å². The van der Waals surface area contributed by atoms with E-state index in [0.29, 0.717) is 0 Å². The molecule has 6 N–H and O–H groups in total. The Morgan fingerprint density at radius 2 is 0.471 bits per heavy atom. The Morgan fingerprint density at radius 3 is 0.621 bits per heavy atom. The number of rotatable bonds is 12. The first-order valence-electron chi connectivity index (χ1n) is 30.6. The third-order valence-corrected chi connectivity index (χ3v) is 16.1. The molecule has 12 atom stereocenters. The zero-order valence-electron chi connectivity index (χ0n) is 57.1. The second kappa shape index (κ2) is 31.2. The van der Waals surface area contributed by atoms with E-state index in [-0.39, 0.29) is 37.0 Å². The molecule has 0 radical (unpaired) electrons. The van der Waals surface area contributed by atoms with E-state index in [4.69, 9.17) is 28.4 Å². The van der Waals surface area contributed by atoms with Gasteiger partial charge in [0.1, 0.15) is 36.3 Å². The van der Waals surface area contributed by atoms with Crippen LogP contribution in [0.15, 0.2) is 0 Å². The van der Waals surface area contributed by atoms with Crippen molar-refractivity contribution in [3.05, 3.63) is 0 Å². The monoisotopic (exact) mass is 1240 g/mol. The van der Waals surface area contributed by atoms with Gasteiger partial charge in [-0.15, -0.1) is 0 Å². The number of carbonyl (C=O) groups is 12. The number of cyclic esters (lactones) is 6. The molecule has 24 nitrogen and oxygen atoms in total. The summed E-state index contributed by atoms with van der Waals surface area (Å²) in [5.74, 6) is -17.2. The third kappa shape index (κ3) is 20.6. The fourth-order valence-corrected chi connectivity index (χ4v) is 9.48. The Balaban J connectivity index is 4.22. The molecular formula is C63H108N6O18. The van der Waals surface area contributed by atoms with Crippen molar-refractivity contribution >= 4 is 71.3 Å². The Morgan fingerprint density at radius 1 is 0.287 bits per heavy atom. The van der Waals surface area contributed by atoms with Gasteiger partial charge >= 0.3 is 35.8 Å². The summed E-state index contributed by atoms with van der Waals surface area (Å²) in [4.78, 5) is 171. The molecule has 1 fully saturated rings. The van der Waals surface area contributed by atoms with Crippen molar-refractivity contribution in [2.24, 2.45) is 53.3 Å². The van der Waals surface area contributed by atoms with E-state index < -0.39 is 177 Å². The molecule has 87 heavy (non-hydrogen) atoms. The number of amides is 6. The maximum atomic E-state index is 14.4. The molecule has 0 unspecified atom stereocenters. The van der Waals surface area contributed by atoms with Crippen molar-refractivity contribution in [2.45, 2.75) is 276 Å². The molecule has 1 aliphatic heterocycles. The number of carbonyl (C=O) groups excluding carboxylic acids is 12. The fourth-order valence-electron chi connectivity index (χ4n) is 9.48.